The molecule has 13 rings (SSSR count). The third kappa shape index (κ3) is 21.2. The Morgan fingerprint density at radius 1 is 0.255 bits per heavy atom. The minimum atomic E-state index is -1.78. The van der Waals surface area contributed by atoms with E-state index in [9.17, 15) is 14.7 Å². The first-order chi connectivity index (χ1) is 52.3. The number of carbonyl (C=O) groups excluding carboxylic acids is 2. The van der Waals surface area contributed by atoms with E-state index in [4.69, 9.17) is 71.1 Å². The maximum atomic E-state index is 15.0. The average Bonchev–Trinajstić information content (AvgIpc) is 0.774. The van der Waals surface area contributed by atoms with Gasteiger partial charge < -0.3 is 76.2 Å². The highest BCUT2D eigenvalue weighted by Crippen LogP contribution is 2.39. The Kier molecular flexibility index (Phi) is 27.7. The third-order valence-electron chi connectivity index (χ3n) is 18.5. The Morgan fingerprint density at radius 3 is 0.840 bits per heavy atom. The SMILES string of the molecule is O=C(O[C@@H]1[C@@H](OC[C@H]2O[C@H](O)[C@@H](OCc3ccccc3)[C@@H](O[C@H]3O[C@H](COCc4ccccc4)[C@@H](OCc4ccccc4)[C@H](OCc4ccccc4)[C@@H]3OC(=O)c3ccccc3)[C@@H]2OCc2ccccc2)O[C@H](COCc2ccccc2)[C@@H](OCc2ccccc2)[C@@H]1OCc1ccccc1)c1ccccc1. The molecule has 0 aromatic heterocycles. The molecule has 0 saturated carbocycles. The number of aliphatic hydroxyl groups excluding tert-OH is 1. The van der Waals surface area contributed by atoms with Gasteiger partial charge >= 0.3 is 11.9 Å². The fraction of sp³-hybridized carbons (Fsp3) is 0.295. The highest BCUT2D eigenvalue weighted by molar-refractivity contribution is 5.90. The number of benzene rings is 10. The zero-order chi connectivity index (χ0) is 72.3. The minimum absolute atomic E-state index is 0.0211. The van der Waals surface area contributed by atoms with Crippen LogP contribution >= 0.6 is 0 Å². The molecule has 3 heterocycles. The molecule has 3 saturated heterocycles. The van der Waals surface area contributed by atoms with Crippen molar-refractivity contribution < 1.29 is 85.7 Å². The Labute approximate surface area is 618 Å². The van der Waals surface area contributed by atoms with Gasteiger partial charge in [-0.25, -0.2) is 9.59 Å². The third-order valence-corrected chi connectivity index (χ3v) is 18.5. The van der Waals surface area contributed by atoms with Crippen molar-refractivity contribution in [1.82, 2.24) is 0 Å². The zero-order valence-corrected chi connectivity index (χ0v) is 58.7. The molecule has 10 aromatic carbocycles. The van der Waals surface area contributed by atoms with Crippen LogP contribution in [0.25, 0.3) is 0 Å². The molecule has 0 unspecified atom stereocenters. The molecule has 3 aliphatic rings. The topological polar surface area (TPSA) is 193 Å². The highest BCUT2D eigenvalue weighted by atomic mass is 16.8. The predicted molar refractivity (Wildman–Crippen MR) is 393 cm³/mol. The molecule has 0 bridgehead atoms. The predicted octanol–water partition coefficient (Wildman–Crippen LogP) is 14.0. The quantitative estimate of drug-likeness (QED) is 0.0368. The van der Waals surface area contributed by atoms with E-state index >= 15 is 0 Å². The summed E-state index contributed by atoms with van der Waals surface area (Å²) in [5.41, 5.74) is 7.30. The summed E-state index contributed by atoms with van der Waals surface area (Å²) in [4.78, 5) is 29.8. The minimum Gasteiger partial charge on any atom is -0.450 e. The monoisotopic (exact) mass is 1430 g/mol. The molecule has 0 aliphatic carbocycles. The van der Waals surface area contributed by atoms with Crippen LogP contribution in [0.15, 0.2) is 303 Å². The van der Waals surface area contributed by atoms with Gasteiger partial charge in [-0.2, -0.15) is 0 Å². The van der Waals surface area contributed by atoms with E-state index in [1.165, 1.54) is 0 Å². The summed E-state index contributed by atoms with van der Waals surface area (Å²) in [6.45, 7) is 0.230. The summed E-state index contributed by atoms with van der Waals surface area (Å²) >= 11 is 0. The lowest BCUT2D eigenvalue weighted by Gasteiger charge is -2.50. The largest absolute Gasteiger partial charge is 0.450 e. The van der Waals surface area contributed by atoms with Gasteiger partial charge in [0.25, 0.3) is 0 Å². The van der Waals surface area contributed by atoms with Gasteiger partial charge in [0.1, 0.15) is 61.0 Å². The van der Waals surface area contributed by atoms with Gasteiger partial charge in [-0.1, -0.05) is 279 Å². The van der Waals surface area contributed by atoms with E-state index in [-0.39, 0.29) is 77.2 Å². The van der Waals surface area contributed by atoms with Crippen molar-refractivity contribution in [2.24, 2.45) is 0 Å². The van der Waals surface area contributed by atoms with Crippen molar-refractivity contribution >= 4 is 11.9 Å². The molecular formula is C88H88O18. The standard InChI is InChI=1S/C88H88O18/c89-84(70-47-27-9-28-48-70)104-82-78(97-56-67-41-21-6-22-42-67)75(94-53-64-35-15-3-16-36-64)72(59-92-51-62-31-11-1-12-32-62)102-87(82)100-61-74-77(96-55-66-39-19-5-20-40-66)80(81(86(91)101-74)99-58-69-45-25-8-26-46-69)106-88-83(105-85(90)71-49-29-10-30-50-71)79(98-57-68-43-23-7-24-44-68)76(95-54-65-37-17-4-18-38-65)73(103-88)60-93-52-63-33-13-2-14-34-63/h1-50,72-83,86-88,91H,51-61H2/t72-,73-,74-,75-,76-,77-,78+,79+,80+,81+,82+,83+,86+,87+,88-/m1/s1. The highest BCUT2D eigenvalue weighted by Gasteiger charge is 2.57. The summed E-state index contributed by atoms with van der Waals surface area (Å²) in [7, 11) is 0. The summed E-state index contributed by atoms with van der Waals surface area (Å²) < 4.78 is 105. The first kappa shape index (κ1) is 74.8. The van der Waals surface area contributed by atoms with Crippen LogP contribution in [-0.4, -0.2) is 129 Å². The average molecular weight is 1430 g/mol. The summed E-state index contributed by atoms with van der Waals surface area (Å²) in [5, 5.41) is 12.9. The van der Waals surface area contributed by atoms with Crippen LogP contribution in [0.3, 0.4) is 0 Å². The molecule has 18 heteroatoms. The number of aliphatic hydroxyl groups is 1. The number of ether oxygens (including phenoxy) is 15. The second-order valence-electron chi connectivity index (χ2n) is 26.1. The maximum absolute atomic E-state index is 15.0. The van der Waals surface area contributed by atoms with Crippen LogP contribution in [0.4, 0.5) is 0 Å². The van der Waals surface area contributed by atoms with Gasteiger partial charge in [0.05, 0.1) is 83.8 Å². The molecular weight excluding hydrogens is 1340 g/mol. The lowest BCUT2D eigenvalue weighted by Crippen LogP contribution is -2.67. The van der Waals surface area contributed by atoms with Crippen LogP contribution in [-0.2, 0) is 124 Å². The Hall–Kier alpha value is -9.42. The van der Waals surface area contributed by atoms with Crippen molar-refractivity contribution in [3.05, 3.63) is 359 Å². The van der Waals surface area contributed by atoms with Crippen LogP contribution in [0.1, 0.15) is 65.2 Å². The molecule has 0 radical (unpaired) electrons. The molecule has 3 fully saturated rings. The number of hydrogen-bond donors (Lipinski definition) is 1. The van der Waals surface area contributed by atoms with Crippen molar-refractivity contribution in [1.29, 1.82) is 0 Å². The molecule has 548 valence electrons. The molecule has 1 N–H and O–H groups in total. The molecule has 15 atom stereocenters. The fourth-order valence-corrected chi connectivity index (χ4v) is 13.1. The summed E-state index contributed by atoms with van der Waals surface area (Å²) in [6.07, 6.45) is -18.9. The van der Waals surface area contributed by atoms with E-state index in [0.29, 0.717) is 0 Å². The van der Waals surface area contributed by atoms with Crippen LogP contribution < -0.4 is 0 Å². The van der Waals surface area contributed by atoms with Crippen LogP contribution in [0, 0.1) is 0 Å². The van der Waals surface area contributed by atoms with Crippen LogP contribution in [0.5, 0.6) is 0 Å². The van der Waals surface area contributed by atoms with E-state index in [2.05, 4.69) is 0 Å². The van der Waals surface area contributed by atoms with Gasteiger partial charge in [-0.05, 0) is 68.8 Å². The Bertz CT molecular complexity index is 4150. The smallest absolute Gasteiger partial charge is 0.338 e. The van der Waals surface area contributed by atoms with Crippen molar-refractivity contribution in [3.63, 3.8) is 0 Å². The lowest BCUT2D eigenvalue weighted by atomic mass is 9.95. The Morgan fingerprint density at radius 2 is 0.509 bits per heavy atom. The van der Waals surface area contributed by atoms with E-state index in [0.717, 1.165) is 44.5 Å². The van der Waals surface area contributed by atoms with Crippen molar-refractivity contribution in [3.8, 4) is 0 Å². The number of carbonyl (C=O) groups is 2. The summed E-state index contributed by atoms with van der Waals surface area (Å²) in [6, 6.07) is 94.5. The molecule has 0 spiro atoms. The van der Waals surface area contributed by atoms with E-state index < -0.39 is 111 Å². The van der Waals surface area contributed by atoms with Gasteiger partial charge in [0, 0.05) is 0 Å². The lowest BCUT2D eigenvalue weighted by molar-refractivity contribution is -0.375. The van der Waals surface area contributed by atoms with Gasteiger partial charge in [-0.15, -0.1) is 0 Å². The van der Waals surface area contributed by atoms with Crippen LogP contribution in [0.2, 0.25) is 0 Å². The number of esters is 2. The molecule has 18 nitrogen and oxygen atoms in total. The first-order valence-electron chi connectivity index (χ1n) is 35.9. The van der Waals surface area contributed by atoms with Gasteiger partial charge in [0.2, 0.25) is 0 Å². The molecule has 0 amide bonds. The van der Waals surface area contributed by atoms with Gasteiger partial charge in [0.15, 0.2) is 31.1 Å². The summed E-state index contributed by atoms with van der Waals surface area (Å²) in [5.74, 6) is -1.39. The fourth-order valence-electron chi connectivity index (χ4n) is 13.1. The second-order valence-corrected chi connectivity index (χ2v) is 26.1. The normalized spacial score (nSPS) is 24.4. The zero-order valence-electron chi connectivity index (χ0n) is 58.7. The molecule has 106 heavy (non-hydrogen) atoms. The number of hydrogen-bond acceptors (Lipinski definition) is 18. The van der Waals surface area contributed by atoms with Crippen molar-refractivity contribution in [2.75, 3.05) is 19.8 Å². The Balaban J connectivity index is 0.900. The van der Waals surface area contributed by atoms with E-state index in [1.807, 2.05) is 255 Å². The van der Waals surface area contributed by atoms with Crippen molar-refractivity contribution in [2.45, 2.75) is 145 Å². The second kappa shape index (κ2) is 39.3. The van der Waals surface area contributed by atoms with Gasteiger partial charge in [-0.3, -0.25) is 0 Å². The first-order valence-corrected chi connectivity index (χ1v) is 35.9. The maximum Gasteiger partial charge on any atom is 0.338 e. The van der Waals surface area contributed by atoms with E-state index in [1.54, 1.807) is 48.5 Å². The number of rotatable bonds is 35. The molecule has 10 aromatic rings. The molecule has 3 aliphatic heterocycles.